The Hall–Kier alpha value is -1.07. The first-order valence-electron chi connectivity index (χ1n) is 5.49. The van der Waals surface area contributed by atoms with Gasteiger partial charge in [0.25, 0.3) is 0 Å². The Bertz CT molecular complexity index is 693. The molecule has 19 heavy (non-hydrogen) atoms. The lowest BCUT2D eigenvalue weighted by molar-refractivity contribution is -0.0866. The average molecular weight is 347 g/mol. The third kappa shape index (κ3) is 2.25. The molecule has 1 unspecified atom stereocenters. The van der Waals surface area contributed by atoms with Crippen LogP contribution in [0.25, 0.3) is 15.7 Å². The van der Waals surface area contributed by atoms with E-state index in [0.29, 0.717) is 15.2 Å². The summed E-state index contributed by atoms with van der Waals surface area (Å²) in [4.78, 5) is 0.398. The largest absolute Gasteiger partial charge is 1.00 e. The second-order valence-corrected chi connectivity index (χ2v) is 6.18. The highest BCUT2D eigenvalue weighted by Gasteiger charge is 2.48. The Morgan fingerprint density at radius 2 is 1.84 bits per heavy atom. The zero-order chi connectivity index (χ0) is 12.9. The van der Waals surface area contributed by atoms with Crippen molar-refractivity contribution in [1.82, 2.24) is 0 Å². The van der Waals surface area contributed by atoms with E-state index in [4.69, 9.17) is 0 Å². The van der Waals surface area contributed by atoms with Crippen LogP contribution in [0.1, 0.15) is 10.4 Å². The number of allylic oxidation sites excluding steroid dienone is 4. The van der Waals surface area contributed by atoms with Gasteiger partial charge in [-0.2, -0.15) is 0 Å². The molecule has 1 aromatic carbocycles. The second-order valence-electron chi connectivity index (χ2n) is 4.23. The summed E-state index contributed by atoms with van der Waals surface area (Å²) in [5, 5.41) is 0.731. The topological polar surface area (TPSA) is 0 Å². The first kappa shape index (κ1) is 14.3. The number of rotatable bonds is 1. The van der Waals surface area contributed by atoms with Crippen molar-refractivity contribution >= 4 is 26.1 Å². The second kappa shape index (κ2) is 4.80. The molecule has 5 heteroatoms. The summed E-state index contributed by atoms with van der Waals surface area (Å²) in [5.41, 5.74) is -2.62. The summed E-state index contributed by atoms with van der Waals surface area (Å²) < 4.78 is 40.2. The first-order valence-corrected chi connectivity index (χ1v) is 6.72. The predicted molar refractivity (Wildman–Crippen MR) is 69.6 cm³/mol. The molecule has 1 aromatic heterocycles. The molecule has 1 heterocycles. The van der Waals surface area contributed by atoms with Crippen molar-refractivity contribution in [3.05, 3.63) is 52.9 Å². The van der Waals surface area contributed by atoms with Gasteiger partial charge in [0.15, 0.2) is 9.58 Å². The van der Waals surface area contributed by atoms with E-state index < -0.39 is 16.0 Å². The summed E-state index contributed by atoms with van der Waals surface area (Å²) in [6.07, 6.45) is 5.24. The van der Waals surface area contributed by atoms with Crippen LogP contribution in [0.2, 0.25) is 0 Å². The molecule has 3 rings (SSSR count). The van der Waals surface area contributed by atoms with E-state index in [0.717, 1.165) is 10.9 Å². The summed E-state index contributed by atoms with van der Waals surface area (Å²) in [5.74, 6) is 0. The fourth-order valence-corrected chi connectivity index (χ4v) is 4.13. The van der Waals surface area contributed by atoms with Gasteiger partial charge < -0.3 is 17.0 Å². The van der Waals surface area contributed by atoms with E-state index in [2.05, 4.69) is 0 Å². The molecule has 0 amide bonds. The molecular formula is C14H10BrF3S. The molecule has 1 aliphatic carbocycles. The zero-order valence-corrected chi connectivity index (χ0v) is 12.4. The summed E-state index contributed by atoms with van der Waals surface area (Å²) >= 11 is 0. The fraction of sp³-hybridized carbons (Fsp3) is 0.143. The van der Waals surface area contributed by atoms with Gasteiger partial charge in [0.2, 0.25) is 0 Å². The number of alkyl halides is 3. The molecule has 0 radical (unpaired) electrons. The highest BCUT2D eigenvalue weighted by Crippen LogP contribution is 2.54. The summed E-state index contributed by atoms with van der Waals surface area (Å²) in [6.45, 7) is 1.85. The molecule has 0 fully saturated rings. The number of hydrogen-bond acceptors (Lipinski definition) is 0. The number of aryl methyl sites for hydroxylation is 1. The van der Waals surface area contributed by atoms with Gasteiger partial charge in [-0.25, -0.2) is 0 Å². The smallest absolute Gasteiger partial charge is 0.601 e. The van der Waals surface area contributed by atoms with Crippen molar-refractivity contribution in [3.63, 3.8) is 0 Å². The van der Waals surface area contributed by atoms with Gasteiger partial charge in [0.1, 0.15) is 10.5 Å². The van der Waals surface area contributed by atoms with Crippen LogP contribution < -0.4 is 17.0 Å². The number of benzene rings is 1. The van der Waals surface area contributed by atoms with E-state index in [1.165, 1.54) is 0 Å². The lowest BCUT2D eigenvalue weighted by atomic mass is 10.1. The van der Waals surface area contributed by atoms with E-state index in [-0.39, 0.29) is 17.0 Å². The van der Waals surface area contributed by atoms with Crippen LogP contribution in [-0.4, -0.2) is 0 Å². The Morgan fingerprint density at radius 1 is 1.16 bits per heavy atom. The Labute approximate surface area is 122 Å². The number of hydrogen-bond donors (Lipinski definition) is 0. The van der Waals surface area contributed by atoms with Crippen LogP contribution in [-0.2, 0) is 5.51 Å². The quantitative estimate of drug-likeness (QED) is 0.695. The maximum absolute atomic E-state index is 13.3. The van der Waals surface area contributed by atoms with Gasteiger partial charge in [0, 0.05) is 17.0 Å². The fourth-order valence-electron chi connectivity index (χ4n) is 2.13. The van der Waals surface area contributed by atoms with Crippen LogP contribution in [0, 0.1) is 6.92 Å². The van der Waals surface area contributed by atoms with Gasteiger partial charge >= 0.3 is 5.51 Å². The molecule has 0 spiro atoms. The van der Waals surface area contributed by atoms with Crippen molar-refractivity contribution < 1.29 is 30.2 Å². The van der Waals surface area contributed by atoms with Crippen molar-refractivity contribution in [1.29, 1.82) is 0 Å². The molecule has 0 bridgehead atoms. The highest BCUT2D eigenvalue weighted by atomic mass is 79.9. The standard InChI is InChI=1S/C14H10F3S.BrH/c1-9-4-2-7-12-11(9)8-13(10-5-3-6-10)18(12)14(15,16)17;/h2-8H,1H3;1H/q+1;/p-1. The van der Waals surface area contributed by atoms with Gasteiger partial charge in [-0.3, -0.25) is 0 Å². The molecule has 0 aliphatic heterocycles. The lowest BCUT2D eigenvalue weighted by Crippen LogP contribution is -3.00. The van der Waals surface area contributed by atoms with Gasteiger partial charge in [-0.05, 0) is 30.7 Å². The number of thiophene rings is 1. The van der Waals surface area contributed by atoms with E-state index in [9.17, 15) is 13.2 Å². The van der Waals surface area contributed by atoms with Crippen LogP contribution in [0.3, 0.4) is 0 Å². The van der Waals surface area contributed by atoms with Crippen molar-refractivity contribution in [2.24, 2.45) is 0 Å². The normalized spacial score (nSPS) is 14.9. The van der Waals surface area contributed by atoms with Gasteiger partial charge in [-0.1, -0.05) is 18.2 Å². The highest BCUT2D eigenvalue weighted by molar-refractivity contribution is 7.39. The third-order valence-corrected chi connectivity index (χ3v) is 5.12. The SMILES string of the molecule is Cc1cccc2c1cc(C1=CC=C1)[s+]2C(F)(F)F.[Br-]. The van der Waals surface area contributed by atoms with Crippen LogP contribution in [0.5, 0.6) is 0 Å². The van der Waals surface area contributed by atoms with E-state index in [1.54, 1.807) is 36.4 Å². The first-order chi connectivity index (χ1) is 8.48. The molecule has 100 valence electrons. The molecular weight excluding hydrogens is 337 g/mol. The molecule has 0 saturated carbocycles. The average Bonchev–Trinajstić information content (AvgIpc) is 2.54. The predicted octanol–water partition coefficient (Wildman–Crippen LogP) is 2.33. The summed E-state index contributed by atoms with van der Waals surface area (Å²) in [6, 6.07) is 6.82. The number of halogens is 4. The number of fused-ring (bicyclic) bond motifs is 1. The minimum Gasteiger partial charge on any atom is -1.00 e. The Balaban J connectivity index is 0.00000133. The molecule has 0 N–H and O–H groups in total. The Morgan fingerprint density at radius 3 is 2.37 bits per heavy atom. The molecule has 1 atom stereocenters. The maximum atomic E-state index is 13.3. The van der Waals surface area contributed by atoms with Gasteiger partial charge in [0.05, 0.1) is 0 Å². The lowest BCUT2D eigenvalue weighted by Gasteiger charge is -2.04. The molecule has 0 nitrogen and oxygen atoms in total. The van der Waals surface area contributed by atoms with E-state index in [1.807, 2.05) is 13.0 Å². The Kier molecular flexibility index (Phi) is 3.62. The van der Waals surface area contributed by atoms with Crippen LogP contribution >= 0.6 is 10.5 Å². The van der Waals surface area contributed by atoms with Crippen LogP contribution in [0.4, 0.5) is 13.2 Å². The molecule has 0 saturated heterocycles. The monoisotopic (exact) mass is 346 g/mol. The third-order valence-electron chi connectivity index (χ3n) is 3.07. The zero-order valence-electron chi connectivity index (χ0n) is 9.96. The van der Waals surface area contributed by atoms with E-state index >= 15 is 0 Å². The molecule has 2 aromatic rings. The van der Waals surface area contributed by atoms with Gasteiger partial charge in [-0.15, -0.1) is 13.2 Å². The minimum atomic E-state index is -4.21. The van der Waals surface area contributed by atoms with Crippen molar-refractivity contribution in [2.75, 3.05) is 0 Å². The molecule has 1 aliphatic rings. The van der Waals surface area contributed by atoms with Crippen molar-refractivity contribution in [3.8, 4) is 0 Å². The summed E-state index contributed by atoms with van der Waals surface area (Å²) in [7, 11) is -1.80. The maximum Gasteiger partial charge on any atom is 0.601 e. The van der Waals surface area contributed by atoms with Crippen LogP contribution in [0.15, 0.2) is 42.5 Å². The minimum absolute atomic E-state index is 0. The van der Waals surface area contributed by atoms with Crippen molar-refractivity contribution in [2.45, 2.75) is 12.4 Å².